The van der Waals surface area contributed by atoms with Crippen LogP contribution in [0.3, 0.4) is 0 Å². The molecule has 1 aromatic rings. The maximum absolute atomic E-state index is 12.7. The van der Waals surface area contributed by atoms with Gasteiger partial charge in [-0.3, -0.25) is 9.69 Å². The second-order valence-corrected chi connectivity index (χ2v) is 6.26. The number of allylic oxidation sites excluding steroid dienone is 1. The summed E-state index contributed by atoms with van der Waals surface area (Å²) in [6.45, 7) is 5.77. The monoisotopic (exact) mass is 309 g/mol. The Labute approximate surface area is 127 Å². The van der Waals surface area contributed by atoms with Crippen molar-refractivity contribution < 1.29 is 18.0 Å². The number of ketones is 1. The highest BCUT2D eigenvalue weighted by Crippen LogP contribution is 2.53. The van der Waals surface area contributed by atoms with Crippen LogP contribution in [0, 0.1) is 17.8 Å². The molecule has 22 heavy (non-hydrogen) atoms. The zero-order valence-electron chi connectivity index (χ0n) is 12.1. The van der Waals surface area contributed by atoms with Crippen molar-refractivity contribution in [3.63, 3.8) is 0 Å². The highest BCUT2D eigenvalue weighted by atomic mass is 19.4. The van der Waals surface area contributed by atoms with Crippen molar-refractivity contribution in [1.82, 2.24) is 4.90 Å². The van der Waals surface area contributed by atoms with Gasteiger partial charge in [-0.2, -0.15) is 13.2 Å². The van der Waals surface area contributed by atoms with Gasteiger partial charge in [0.25, 0.3) is 0 Å². The van der Waals surface area contributed by atoms with E-state index in [9.17, 15) is 18.0 Å². The Balaban J connectivity index is 1.55. The number of benzene rings is 1. The minimum atomic E-state index is -4.29. The van der Waals surface area contributed by atoms with Crippen molar-refractivity contribution in [1.29, 1.82) is 0 Å². The summed E-state index contributed by atoms with van der Waals surface area (Å²) in [5.41, 5.74) is 0.0960. The molecule has 3 rings (SSSR count). The molecule has 2 fully saturated rings. The number of rotatable bonds is 5. The van der Waals surface area contributed by atoms with Gasteiger partial charge < -0.3 is 0 Å². The number of alkyl halides is 3. The van der Waals surface area contributed by atoms with Crippen molar-refractivity contribution in [3.05, 3.63) is 48.0 Å². The summed E-state index contributed by atoms with van der Waals surface area (Å²) in [6, 6.07) is 5.52. The van der Waals surface area contributed by atoms with E-state index < -0.39 is 11.7 Å². The lowest BCUT2D eigenvalue weighted by Crippen LogP contribution is -2.24. The normalized spacial score (nSPS) is 27.5. The molecule has 0 radical (unpaired) electrons. The van der Waals surface area contributed by atoms with Gasteiger partial charge in [0.2, 0.25) is 0 Å². The van der Waals surface area contributed by atoms with E-state index >= 15 is 0 Å². The lowest BCUT2D eigenvalue weighted by molar-refractivity contribution is -0.137. The Kier molecular flexibility index (Phi) is 3.85. The number of halogens is 3. The summed E-state index contributed by atoms with van der Waals surface area (Å²) >= 11 is 0. The minimum Gasteiger partial charge on any atom is -0.298 e. The Morgan fingerprint density at radius 1 is 1.32 bits per heavy atom. The molecule has 0 bridgehead atoms. The fraction of sp³-hybridized carbons (Fsp3) is 0.471. The molecule has 1 aliphatic heterocycles. The average Bonchev–Trinajstić information content (AvgIpc) is 2.91. The summed E-state index contributed by atoms with van der Waals surface area (Å²) in [6.07, 6.45) is -2.36. The molecule has 0 aromatic heterocycles. The number of carbonyl (C=O) groups excluding carboxylic acids is 1. The van der Waals surface area contributed by atoms with Gasteiger partial charge in [-0.25, -0.2) is 0 Å². The molecule has 0 N–H and O–H groups in total. The maximum Gasteiger partial charge on any atom is 0.416 e. The topological polar surface area (TPSA) is 20.3 Å². The zero-order chi connectivity index (χ0) is 15.9. The van der Waals surface area contributed by atoms with Gasteiger partial charge in [-0.05, 0) is 35.5 Å². The first-order chi connectivity index (χ1) is 10.4. The van der Waals surface area contributed by atoms with E-state index in [1.807, 2.05) is 0 Å². The minimum absolute atomic E-state index is 0.0869. The van der Waals surface area contributed by atoms with E-state index in [0.29, 0.717) is 36.3 Å². The fourth-order valence-electron chi connectivity index (χ4n) is 3.59. The smallest absolute Gasteiger partial charge is 0.298 e. The van der Waals surface area contributed by atoms with Crippen LogP contribution >= 0.6 is 0 Å². The van der Waals surface area contributed by atoms with Crippen LogP contribution in [-0.4, -0.2) is 23.8 Å². The number of likely N-dealkylation sites (tertiary alicyclic amines) is 1. The molecule has 5 heteroatoms. The Morgan fingerprint density at radius 3 is 2.59 bits per heavy atom. The van der Waals surface area contributed by atoms with Crippen LogP contribution in [0.15, 0.2) is 36.9 Å². The zero-order valence-corrected chi connectivity index (χ0v) is 12.1. The fourth-order valence-corrected chi connectivity index (χ4v) is 3.59. The standard InChI is InChI=1S/C17H18F3NO/c1-2-13(22)7-14-15-9-21(10-16(14)15)8-11-4-3-5-12(6-11)17(18,19)20/h2-6,14-16H,1,7-10H2/t14?,15-,16+. The molecule has 3 atom stereocenters. The third-order valence-electron chi connectivity index (χ3n) is 4.77. The van der Waals surface area contributed by atoms with Crippen molar-refractivity contribution in [2.45, 2.75) is 19.1 Å². The molecule has 1 saturated heterocycles. The van der Waals surface area contributed by atoms with Gasteiger partial charge in [0.15, 0.2) is 5.78 Å². The predicted octanol–water partition coefficient (Wildman–Crippen LogP) is 3.53. The van der Waals surface area contributed by atoms with Crippen LogP contribution in [0.5, 0.6) is 0 Å². The van der Waals surface area contributed by atoms with Crippen LogP contribution in [0.25, 0.3) is 0 Å². The van der Waals surface area contributed by atoms with E-state index in [1.165, 1.54) is 18.2 Å². The van der Waals surface area contributed by atoms with E-state index in [0.717, 1.165) is 19.2 Å². The quantitative estimate of drug-likeness (QED) is 0.776. The van der Waals surface area contributed by atoms with Gasteiger partial charge in [0.1, 0.15) is 0 Å². The Morgan fingerprint density at radius 2 is 2.00 bits per heavy atom. The van der Waals surface area contributed by atoms with Gasteiger partial charge in [-0.15, -0.1) is 0 Å². The average molecular weight is 309 g/mol. The maximum atomic E-state index is 12.7. The molecular weight excluding hydrogens is 291 g/mol. The molecule has 1 aromatic carbocycles. The van der Waals surface area contributed by atoms with Crippen LogP contribution in [0.1, 0.15) is 17.5 Å². The second kappa shape index (κ2) is 5.54. The number of fused-ring (bicyclic) bond motifs is 1. The molecule has 0 spiro atoms. The van der Waals surface area contributed by atoms with Gasteiger partial charge in [0.05, 0.1) is 5.56 Å². The third kappa shape index (κ3) is 3.09. The molecule has 2 nitrogen and oxygen atoms in total. The molecule has 2 aliphatic rings. The van der Waals surface area contributed by atoms with Crippen molar-refractivity contribution in [2.24, 2.45) is 17.8 Å². The van der Waals surface area contributed by atoms with Gasteiger partial charge in [0, 0.05) is 26.1 Å². The Hall–Kier alpha value is -1.62. The van der Waals surface area contributed by atoms with E-state index in [2.05, 4.69) is 11.5 Å². The molecule has 1 unspecified atom stereocenters. The number of nitrogens with zero attached hydrogens (tertiary/aromatic N) is 1. The highest BCUT2D eigenvalue weighted by molar-refractivity contribution is 5.89. The Bertz CT molecular complexity index is 584. The van der Waals surface area contributed by atoms with Gasteiger partial charge in [-0.1, -0.05) is 24.8 Å². The van der Waals surface area contributed by atoms with E-state index in [-0.39, 0.29) is 5.78 Å². The number of hydrogen-bond donors (Lipinski definition) is 0. The SMILES string of the molecule is C=CC(=O)CC1[C@H]2CN(Cc3cccc(C(F)(F)F)c3)C[C@@H]12. The molecular formula is C17H18F3NO. The molecule has 1 heterocycles. The highest BCUT2D eigenvalue weighted by Gasteiger charge is 2.55. The van der Waals surface area contributed by atoms with E-state index in [4.69, 9.17) is 0 Å². The summed E-state index contributed by atoms with van der Waals surface area (Å²) in [4.78, 5) is 13.5. The first kappa shape index (κ1) is 15.3. The molecule has 0 amide bonds. The summed E-state index contributed by atoms with van der Waals surface area (Å²) in [5.74, 6) is 1.58. The third-order valence-corrected chi connectivity index (χ3v) is 4.77. The lowest BCUT2D eigenvalue weighted by atomic mass is 10.1. The first-order valence-corrected chi connectivity index (χ1v) is 7.42. The van der Waals surface area contributed by atoms with Crippen molar-refractivity contribution in [2.75, 3.05) is 13.1 Å². The first-order valence-electron chi connectivity index (χ1n) is 7.42. The summed E-state index contributed by atoms with van der Waals surface area (Å²) in [5, 5.41) is 0. The largest absolute Gasteiger partial charge is 0.416 e. The van der Waals surface area contributed by atoms with E-state index in [1.54, 1.807) is 6.07 Å². The van der Waals surface area contributed by atoms with Crippen LogP contribution in [0.4, 0.5) is 13.2 Å². The second-order valence-electron chi connectivity index (χ2n) is 6.26. The van der Waals surface area contributed by atoms with Crippen molar-refractivity contribution >= 4 is 5.78 Å². The van der Waals surface area contributed by atoms with Crippen LogP contribution in [0.2, 0.25) is 0 Å². The summed E-state index contributed by atoms with van der Waals surface area (Å²) < 4.78 is 38.1. The lowest BCUT2D eigenvalue weighted by Gasteiger charge is -2.20. The van der Waals surface area contributed by atoms with Crippen LogP contribution in [-0.2, 0) is 17.5 Å². The molecule has 1 saturated carbocycles. The molecule has 118 valence electrons. The van der Waals surface area contributed by atoms with Gasteiger partial charge >= 0.3 is 6.18 Å². The number of hydrogen-bond acceptors (Lipinski definition) is 2. The predicted molar refractivity (Wildman–Crippen MR) is 77.0 cm³/mol. The van der Waals surface area contributed by atoms with Crippen molar-refractivity contribution in [3.8, 4) is 0 Å². The number of piperidine rings is 1. The number of carbonyl (C=O) groups is 1. The van der Waals surface area contributed by atoms with Crippen LogP contribution < -0.4 is 0 Å². The molecule has 1 aliphatic carbocycles. The summed E-state index contributed by atoms with van der Waals surface area (Å²) in [7, 11) is 0.